The molecule has 1 atom stereocenters. The van der Waals surface area contributed by atoms with Gasteiger partial charge in [0, 0.05) is 4.90 Å². The van der Waals surface area contributed by atoms with Crippen molar-refractivity contribution < 1.29 is 9.53 Å². The average Bonchev–Trinajstić information content (AvgIpc) is 3.02. The molecular weight excluding hydrogens is 340 g/mol. The first-order chi connectivity index (χ1) is 12.7. The molecule has 3 aromatic rings. The number of thioether (sulfide) groups is 1. The van der Waals surface area contributed by atoms with E-state index >= 15 is 0 Å². The van der Waals surface area contributed by atoms with Gasteiger partial charge >= 0.3 is 5.97 Å². The molecule has 1 heterocycles. The first kappa shape index (κ1) is 16.9. The van der Waals surface area contributed by atoms with Gasteiger partial charge in [0.25, 0.3) is 0 Å². The molecule has 1 aliphatic heterocycles. The van der Waals surface area contributed by atoms with E-state index in [1.807, 2.05) is 36.4 Å². The number of benzene rings is 3. The number of hydrogen-bond acceptors (Lipinski definition) is 3. The third kappa shape index (κ3) is 3.04. The van der Waals surface area contributed by atoms with E-state index in [0.29, 0.717) is 6.42 Å². The maximum Gasteiger partial charge on any atom is 0.308 e. The molecule has 0 aliphatic carbocycles. The highest BCUT2D eigenvalue weighted by atomic mass is 32.2. The van der Waals surface area contributed by atoms with Crippen LogP contribution < -0.4 is 0 Å². The fourth-order valence-electron chi connectivity index (χ4n) is 3.55. The Hall–Kier alpha value is -2.52. The molecule has 0 radical (unpaired) electrons. The van der Waals surface area contributed by atoms with Gasteiger partial charge in [-0.05, 0) is 30.2 Å². The van der Waals surface area contributed by atoms with Crippen molar-refractivity contribution in [2.24, 2.45) is 0 Å². The predicted octanol–water partition coefficient (Wildman–Crippen LogP) is 5.35. The summed E-state index contributed by atoms with van der Waals surface area (Å²) in [5.41, 5.74) is 2.65. The van der Waals surface area contributed by atoms with E-state index < -0.39 is 5.41 Å². The van der Waals surface area contributed by atoms with E-state index in [-0.39, 0.29) is 11.4 Å². The summed E-state index contributed by atoms with van der Waals surface area (Å²) < 4.78 is 5.84. The van der Waals surface area contributed by atoms with Gasteiger partial charge in [0.1, 0.15) is 0 Å². The van der Waals surface area contributed by atoms with E-state index in [1.54, 1.807) is 11.8 Å². The van der Waals surface area contributed by atoms with E-state index in [0.717, 1.165) is 16.0 Å². The van der Waals surface area contributed by atoms with E-state index in [1.165, 1.54) is 5.56 Å². The fraction of sp³-hybridized carbons (Fsp3) is 0.174. The first-order valence-corrected chi connectivity index (χ1v) is 9.60. The molecule has 1 aliphatic rings. The normalized spacial score (nSPS) is 18.5. The summed E-state index contributed by atoms with van der Waals surface area (Å²) >= 11 is 1.62. The number of ether oxygens (including phenoxy) is 1. The fourth-order valence-corrected chi connectivity index (χ4v) is 4.80. The molecule has 3 heteroatoms. The topological polar surface area (TPSA) is 26.3 Å². The van der Waals surface area contributed by atoms with Crippen molar-refractivity contribution in [3.8, 4) is 0 Å². The Bertz CT molecular complexity index is 849. The Morgan fingerprint density at radius 2 is 1.38 bits per heavy atom. The second-order valence-electron chi connectivity index (χ2n) is 6.63. The van der Waals surface area contributed by atoms with Gasteiger partial charge < -0.3 is 4.74 Å². The van der Waals surface area contributed by atoms with Crippen LogP contribution in [0.3, 0.4) is 0 Å². The van der Waals surface area contributed by atoms with Crippen LogP contribution in [0.2, 0.25) is 0 Å². The van der Waals surface area contributed by atoms with Crippen LogP contribution in [0, 0.1) is 6.92 Å². The zero-order valence-electron chi connectivity index (χ0n) is 14.6. The smallest absolute Gasteiger partial charge is 0.308 e. The summed E-state index contributed by atoms with van der Waals surface area (Å²) in [6.07, 6.45) is 0.352. The Kier molecular flexibility index (Phi) is 4.56. The van der Waals surface area contributed by atoms with Gasteiger partial charge in [0.2, 0.25) is 0 Å². The summed E-state index contributed by atoms with van der Waals surface area (Å²) in [4.78, 5) is 13.5. The molecule has 0 amide bonds. The number of hydrogen-bond donors (Lipinski definition) is 0. The largest absolute Gasteiger partial charge is 0.450 e. The number of aryl methyl sites for hydroxylation is 1. The summed E-state index contributed by atoms with van der Waals surface area (Å²) in [6.45, 7) is 2.07. The van der Waals surface area contributed by atoms with Gasteiger partial charge in [-0.25, -0.2) is 0 Å². The third-order valence-corrected chi connectivity index (χ3v) is 6.16. The lowest BCUT2D eigenvalue weighted by Crippen LogP contribution is -2.34. The molecule has 0 spiro atoms. The summed E-state index contributed by atoms with van der Waals surface area (Å²) in [5, 5.41) is 0. The third-order valence-electron chi connectivity index (χ3n) is 4.91. The second kappa shape index (κ2) is 7.00. The van der Waals surface area contributed by atoms with Gasteiger partial charge in [0.15, 0.2) is 5.44 Å². The van der Waals surface area contributed by atoms with Gasteiger partial charge in [-0.1, -0.05) is 90.1 Å². The highest BCUT2D eigenvalue weighted by Gasteiger charge is 2.52. The van der Waals surface area contributed by atoms with Crippen molar-refractivity contribution >= 4 is 17.7 Å². The quantitative estimate of drug-likeness (QED) is 0.587. The van der Waals surface area contributed by atoms with Crippen LogP contribution in [0.1, 0.15) is 23.1 Å². The Labute approximate surface area is 158 Å². The lowest BCUT2D eigenvalue weighted by Gasteiger charge is -2.33. The van der Waals surface area contributed by atoms with Crippen LogP contribution in [0.25, 0.3) is 0 Å². The zero-order chi connectivity index (χ0) is 18.0. The molecule has 3 aromatic carbocycles. The summed E-state index contributed by atoms with van der Waals surface area (Å²) in [6, 6.07) is 28.8. The van der Waals surface area contributed by atoms with E-state index in [4.69, 9.17) is 4.74 Å². The maximum absolute atomic E-state index is 12.4. The van der Waals surface area contributed by atoms with E-state index in [9.17, 15) is 4.79 Å². The summed E-state index contributed by atoms with van der Waals surface area (Å²) in [5.74, 6) is -0.151. The second-order valence-corrected chi connectivity index (χ2v) is 7.77. The monoisotopic (exact) mass is 360 g/mol. The van der Waals surface area contributed by atoms with Crippen LogP contribution >= 0.6 is 11.8 Å². The standard InChI is InChI=1S/C23H20O2S/c1-17-12-14-20(15-13-17)26-22-23(16-21(24)25-22,18-8-4-2-5-9-18)19-10-6-3-7-11-19/h2-15,22H,16H2,1H3. The van der Waals surface area contributed by atoms with E-state index in [2.05, 4.69) is 55.5 Å². The van der Waals surface area contributed by atoms with Crippen LogP contribution in [-0.4, -0.2) is 11.4 Å². The molecular formula is C23H20O2S. The van der Waals surface area contributed by atoms with Crippen molar-refractivity contribution in [1.29, 1.82) is 0 Å². The number of rotatable bonds is 4. The van der Waals surface area contributed by atoms with Crippen molar-refractivity contribution in [3.63, 3.8) is 0 Å². The molecule has 26 heavy (non-hydrogen) atoms. The van der Waals surface area contributed by atoms with Crippen molar-refractivity contribution in [2.75, 3.05) is 0 Å². The molecule has 0 N–H and O–H groups in total. The minimum atomic E-state index is -0.491. The van der Waals surface area contributed by atoms with Crippen molar-refractivity contribution in [3.05, 3.63) is 102 Å². The van der Waals surface area contributed by atoms with Gasteiger partial charge in [-0.15, -0.1) is 0 Å². The molecule has 130 valence electrons. The molecule has 1 fully saturated rings. The van der Waals surface area contributed by atoms with Gasteiger partial charge in [0.05, 0.1) is 11.8 Å². The van der Waals surface area contributed by atoms with Crippen LogP contribution in [-0.2, 0) is 14.9 Å². The number of carbonyl (C=O) groups excluding carboxylic acids is 1. The first-order valence-electron chi connectivity index (χ1n) is 8.72. The molecule has 0 bridgehead atoms. The van der Waals surface area contributed by atoms with Gasteiger partial charge in [-0.3, -0.25) is 4.79 Å². The Morgan fingerprint density at radius 1 is 0.846 bits per heavy atom. The average molecular weight is 360 g/mol. The highest BCUT2D eigenvalue weighted by molar-refractivity contribution is 7.99. The highest BCUT2D eigenvalue weighted by Crippen LogP contribution is 2.50. The maximum atomic E-state index is 12.4. The lowest BCUT2D eigenvalue weighted by molar-refractivity contribution is -0.138. The van der Waals surface area contributed by atoms with Crippen LogP contribution in [0.5, 0.6) is 0 Å². The minimum Gasteiger partial charge on any atom is -0.450 e. The number of esters is 1. The van der Waals surface area contributed by atoms with Crippen molar-refractivity contribution in [1.82, 2.24) is 0 Å². The minimum absolute atomic E-state index is 0.151. The number of carbonyl (C=O) groups is 1. The molecule has 0 saturated carbocycles. The van der Waals surface area contributed by atoms with Crippen LogP contribution in [0.15, 0.2) is 89.8 Å². The predicted molar refractivity (Wildman–Crippen MR) is 105 cm³/mol. The van der Waals surface area contributed by atoms with Gasteiger partial charge in [-0.2, -0.15) is 0 Å². The molecule has 1 unspecified atom stereocenters. The zero-order valence-corrected chi connectivity index (χ0v) is 15.4. The molecule has 4 rings (SSSR count). The number of cyclic esters (lactones) is 1. The lowest BCUT2D eigenvalue weighted by atomic mass is 9.73. The Balaban J connectivity index is 1.82. The molecule has 1 saturated heterocycles. The van der Waals surface area contributed by atoms with Crippen molar-refractivity contribution in [2.45, 2.75) is 29.1 Å². The summed E-state index contributed by atoms with van der Waals surface area (Å²) in [7, 11) is 0. The molecule has 0 aromatic heterocycles. The SMILES string of the molecule is Cc1ccc(SC2OC(=O)CC2(c2ccccc2)c2ccccc2)cc1. The Morgan fingerprint density at radius 3 is 1.92 bits per heavy atom. The van der Waals surface area contributed by atoms with Crippen LogP contribution in [0.4, 0.5) is 0 Å². The molecule has 2 nitrogen and oxygen atoms in total.